The van der Waals surface area contributed by atoms with E-state index in [1.807, 2.05) is 56.5 Å². The normalized spacial score (nSPS) is 12.6. The highest BCUT2D eigenvalue weighted by Crippen LogP contribution is 2.33. The van der Waals surface area contributed by atoms with Crippen LogP contribution in [0.25, 0.3) is 11.4 Å². The number of amides is 1. The number of halogens is 1. The predicted molar refractivity (Wildman–Crippen MR) is 119 cm³/mol. The molecule has 2 aromatic carbocycles. The smallest absolute Gasteiger partial charge is 0.222 e. The quantitative estimate of drug-likeness (QED) is 0.523. The lowest BCUT2D eigenvalue weighted by molar-refractivity contribution is -0.122. The number of rotatable bonds is 6. The molecule has 1 heterocycles. The first kappa shape index (κ1) is 21.9. The summed E-state index contributed by atoms with van der Waals surface area (Å²) in [5.74, 6) is 0.312. The average Bonchev–Trinajstić information content (AvgIpc) is 3.05. The minimum atomic E-state index is -0.296. The van der Waals surface area contributed by atoms with E-state index >= 15 is 0 Å². The summed E-state index contributed by atoms with van der Waals surface area (Å²) in [6, 6.07) is 14.0. The van der Waals surface area contributed by atoms with Gasteiger partial charge in [0, 0.05) is 18.5 Å². The van der Waals surface area contributed by atoms with Crippen molar-refractivity contribution in [3.8, 4) is 11.4 Å². The average molecular weight is 427 g/mol. The van der Waals surface area contributed by atoms with E-state index in [4.69, 9.17) is 12.2 Å². The van der Waals surface area contributed by atoms with Crippen LogP contribution in [0.15, 0.2) is 48.5 Å². The number of nitrogens with one attached hydrogen (secondary N) is 2. The van der Waals surface area contributed by atoms with Crippen molar-refractivity contribution in [2.75, 3.05) is 0 Å². The maximum atomic E-state index is 13.3. The summed E-state index contributed by atoms with van der Waals surface area (Å²) in [5.41, 5.74) is 2.74. The maximum absolute atomic E-state index is 13.3. The molecule has 1 atom stereocenters. The van der Waals surface area contributed by atoms with Gasteiger partial charge in [-0.3, -0.25) is 14.5 Å². The van der Waals surface area contributed by atoms with Crippen molar-refractivity contribution in [2.45, 2.75) is 46.7 Å². The first-order chi connectivity index (χ1) is 14.1. The van der Waals surface area contributed by atoms with Gasteiger partial charge in [0.2, 0.25) is 5.91 Å². The van der Waals surface area contributed by atoms with Crippen LogP contribution in [-0.4, -0.2) is 20.7 Å². The first-order valence-electron chi connectivity index (χ1n) is 9.92. The molecular formula is C23H27FN4OS. The molecule has 1 amide bonds. The van der Waals surface area contributed by atoms with E-state index in [1.54, 1.807) is 12.1 Å². The number of aryl methyl sites for hydroxylation is 1. The van der Waals surface area contributed by atoms with Crippen molar-refractivity contribution in [3.63, 3.8) is 0 Å². The monoisotopic (exact) mass is 426 g/mol. The van der Waals surface area contributed by atoms with Crippen LogP contribution in [0.5, 0.6) is 0 Å². The third kappa shape index (κ3) is 5.21. The molecule has 158 valence electrons. The van der Waals surface area contributed by atoms with E-state index in [0.717, 1.165) is 16.7 Å². The Kier molecular flexibility index (Phi) is 6.51. The molecule has 0 fully saturated rings. The van der Waals surface area contributed by atoms with Crippen molar-refractivity contribution in [3.05, 3.63) is 70.2 Å². The standard InChI is InChI=1S/C23H27FN4OS/c1-15-5-7-17(8-6-15)21-26-27-22(30)28(21)14-13-19(29)25-20(23(2,3)4)16-9-11-18(24)12-10-16/h5-12,20H,13-14H2,1-4H3,(H,25,29)(H,27,30). The molecule has 0 saturated carbocycles. The molecule has 0 aliphatic rings. The molecule has 7 heteroatoms. The summed E-state index contributed by atoms with van der Waals surface area (Å²) >= 11 is 5.36. The second-order valence-corrected chi connectivity index (χ2v) is 8.92. The lowest BCUT2D eigenvalue weighted by atomic mass is 9.82. The van der Waals surface area contributed by atoms with Gasteiger partial charge in [-0.25, -0.2) is 4.39 Å². The number of carbonyl (C=O) groups is 1. The third-order valence-corrected chi connectivity index (χ3v) is 5.32. The predicted octanol–water partition coefficient (Wildman–Crippen LogP) is 5.35. The molecule has 1 unspecified atom stereocenters. The summed E-state index contributed by atoms with van der Waals surface area (Å²) in [6.07, 6.45) is 0.250. The molecule has 1 aromatic heterocycles. The van der Waals surface area contributed by atoms with Crippen LogP contribution in [-0.2, 0) is 11.3 Å². The van der Waals surface area contributed by atoms with E-state index in [0.29, 0.717) is 17.1 Å². The van der Waals surface area contributed by atoms with Gasteiger partial charge >= 0.3 is 0 Å². The molecule has 0 radical (unpaired) electrons. The Hall–Kier alpha value is -2.80. The number of benzene rings is 2. The van der Waals surface area contributed by atoms with Crippen LogP contribution < -0.4 is 5.32 Å². The zero-order chi connectivity index (χ0) is 21.9. The van der Waals surface area contributed by atoms with Crippen molar-refractivity contribution in [2.24, 2.45) is 5.41 Å². The molecule has 30 heavy (non-hydrogen) atoms. The van der Waals surface area contributed by atoms with Crippen LogP contribution in [0, 0.1) is 22.9 Å². The van der Waals surface area contributed by atoms with Gasteiger partial charge < -0.3 is 5.32 Å². The van der Waals surface area contributed by atoms with Crippen LogP contribution in [0.3, 0.4) is 0 Å². The summed E-state index contributed by atoms with van der Waals surface area (Å²) in [7, 11) is 0. The number of hydrogen-bond donors (Lipinski definition) is 2. The van der Waals surface area contributed by atoms with Crippen LogP contribution in [0.4, 0.5) is 4.39 Å². The number of hydrogen-bond acceptors (Lipinski definition) is 3. The Morgan fingerprint density at radius 2 is 1.80 bits per heavy atom. The van der Waals surface area contributed by atoms with Gasteiger partial charge in [-0.1, -0.05) is 62.7 Å². The van der Waals surface area contributed by atoms with E-state index < -0.39 is 0 Å². The largest absolute Gasteiger partial charge is 0.349 e. The van der Waals surface area contributed by atoms with Crippen molar-refractivity contribution < 1.29 is 9.18 Å². The molecule has 0 saturated heterocycles. The van der Waals surface area contributed by atoms with Gasteiger partial charge in [-0.05, 0) is 42.3 Å². The van der Waals surface area contributed by atoms with E-state index in [9.17, 15) is 9.18 Å². The fraction of sp³-hybridized carbons (Fsp3) is 0.348. The molecular weight excluding hydrogens is 399 g/mol. The zero-order valence-electron chi connectivity index (χ0n) is 17.7. The summed E-state index contributed by atoms with van der Waals surface area (Å²) in [6.45, 7) is 8.57. The minimum Gasteiger partial charge on any atom is -0.349 e. The maximum Gasteiger partial charge on any atom is 0.222 e. The molecule has 2 N–H and O–H groups in total. The Bertz CT molecular complexity index is 1060. The van der Waals surface area contributed by atoms with Crippen molar-refractivity contribution in [1.29, 1.82) is 0 Å². The summed E-state index contributed by atoms with van der Waals surface area (Å²) in [5, 5.41) is 10.2. The Morgan fingerprint density at radius 1 is 1.17 bits per heavy atom. The number of aromatic nitrogens is 3. The van der Waals surface area contributed by atoms with Gasteiger partial charge in [0.1, 0.15) is 5.82 Å². The third-order valence-electron chi connectivity index (χ3n) is 5.01. The van der Waals surface area contributed by atoms with Crippen LogP contribution in [0.2, 0.25) is 0 Å². The second-order valence-electron chi connectivity index (χ2n) is 8.54. The molecule has 3 rings (SSSR count). The highest BCUT2D eigenvalue weighted by atomic mass is 32.1. The number of nitrogens with zero attached hydrogens (tertiary/aromatic N) is 2. The van der Waals surface area contributed by atoms with Gasteiger partial charge in [0.15, 0.2) is 10.6 Å². The summed E-state index contributed by atoms with van der Waals surface area (Å²) in [4.78, 5) is 12.8. The highest BCUT2D eigenvalue weighted by Gasteiger charge is 2.28. The molecule has 0 aliphatic heterocycles. The van der Waals surface area contributed by atoms with Gasteiger partial charge in [-0.15, -0.1) is 0 Å². The molecule has 0 spiro atoms. The number of carbonyl (C=O) groups excluding carboxylic acids is 1. The van der Waals surface area contributed by atoms with E-state index in [1.165, 1.54) is 12.1 Å². The van der Waals surface area contributed by atoms with Crippen LogP contribution in [0.1, 0.15) is 44.4 Å². The van der Waals surface area contributed by atoms with Gasteiger partial charge in [0.05, 0.1) is 6.04 Å². The lowest BCUT2D eigenvalue weighted by Crippen LogP contribution is -2.37. The first-order valence-corrected chi connectivity index (χ1v) is 10.3. The second kappa shape index (κ2) is 8.92. The van der Waals surface area contributed by atoms with Crippen molar-refractivity contribution >= 4 is 18.1 Å². The molecule has 3 aromatic rings. The van der Waals surface area contributed by atoms with Gasteiger partial charge in [0.25, 0.3) is 0 Å². The molecule has 5 nitrogen and oxygen atoms in total. The molecule has 0 bridgehead atoms. The summed E-state index contributed by atoms with van der Waals surface area (Å²) < 4.78 is 15.6. The fourth-order valence-corrected chi connectivity index (χ4v) is 3.57. The zero-order valence-corrected chi connectivity index (χ0v) is 18.5. The fourth-order valence-electron chi connectivity index (χ4n) is 3.35. The SMILES string of the molecule is Cc1ccc(-c2n[nH]c(=S)n2CCC(=O)NC(c2ccc(F)cc2)C(C)(C)C)cc1. The minimum absolute atomic E-state index is 0.0998. The molecule has 0 aliphatic carbocycles. The Morgan fingerprint density at radius 3 is 2.40 bits per heavy atom. The lowest BCUT2D eigenvalue weighted by Gasteiger charge is -2.32. The van der Waals surface area contributed by atoms with Crippen molar-refractivity contribution in [1.82, 2.24) is 20.1 Å². The van der Waals surface area contributed by atoms with E-state index in [-0.39, 0.29) is 29.6 Å². The highest BCUT2D eigenvalue weighted by molar-refractivity contribution is 7.71. The van der Waals surface area contributed by atoms with Crippen LogP contribution >= 0.6 is 12.2 Å². The Labute approximate surface area is 181 Å². The van der Waals surface area contributed by atoms with E-state index in [2.05, 4.69) is 15.5 Å². The topological polar surface area (TPSA) is 62.7 Å². The number of H-pyrrole nitrogens is 1. The van der Waals surface area contributed by atoms with Gasteiger partial charge in [-0.2, -0.15) is 5.10 Å². The number of aromatic amines is 1. The Balaban J connectivity index is 1.74.